The quantitative estimate of drug-likeness (QED) is 0.718. The zero-order valence-electron chi connectivity index (χ0n) is 17.4. The van der Waals surface area contributed by atoms with Crippen LogP contribution in [0.4, 0.5) is 0 Å². The summed E-state index contributed by atoms with van der Waals surface area (Å²) >= 11 is 0. The van der Waals surface area contributed by atoms with Crippen LogP contribution in [0.1, 0.15) is 78.1 Å². The van der Waals surface area contributed by atoms with Gasteiger partial charge in [-0.1, -0.05) is 26.7 Å². The molecule has 5 atom stereocenters. The molecule has 0 amide bonds. The maximum absolute atomic E-state index is 6.52. The molecule has 0 aromatic heterocycles. The van der Waals surface area contributed by atoms with E-state index in [1.165, 1.54) is 25.7 Å². The summed E-state index contributed by atoms with van der Waals surface area (Å²) in [5.74, 6) is -0.412. The van der Waals surface area contributed by atoms with E-state index in [2.05, 4.69) is 13.8 Å². The van der Waals surface area contributed by atoms with E-state index < -0.39 is 11.6 Å². The van der Waals surface area contributed by atoms with Crippen LogP contribution in [-0.2, 0) is 28.4 Å². The zero-order valence-corrected chi connectivity index (χ0v) is 17.4. The molecule has 0 bridgehead atoms. The van der Waals surface area contributed by atoms with Crippen LogP contribution in [0.5, 0.6) is 0 Å². The van der Waals surface area contributed by atoms with Gasteiger partial charge in [0, 0.05) is 32.3 Å². The normalized spacial score (nSPS) is 41.9. The smallest absolute Gasteiger partial charge is 0.190 e. The topological polar surface area (TPSA) is 55.4 Å². The van der Waals surface area contributed by atoms with Gasteiger partial charge in [0.2, 0.25) is 0 Å². The predicted molar refractivity (Wildman–Crippen MR) is 102 cm³/mol. The Labute approximate surface area is 168 Å². The standard InChI is InChI=1S/C22H36O6/c1-15(2)13-23-18-17(16-14-24-21(26-16)9-5-3-6-10-21)25-20-19(18)27-22(28-20)11-7-4-8-12-22/h15-20H,3-14H2,1-2H3/t16-,17-,18+,19-,20+/m0/s1. The van der Waals surface area contributed by atoms with Crippen molar-refractivity contribution >= 4 is 0 Å². The van der Waals surface area contributed by atoms with Crippen molar-refractivity contribution in [2.45, 2.75) is 120 Å². The molecular formula is C22H36O6. The molecule has 2 saturated carbocycles. The number of hydrogen-bond acceptors (Lipinski definition) is 6. The lowest BCUT2D eigenvalue weighted by atomic mass is 9.94. The van der Waals surface area contributed by atoms with E-state index in [9.17, 15) is 0 Å². The fraction of sp³-hybridized carbons (Fsp3) is 1.00. The van der Waals surface area contributed by atoms with Gasteiger partial charge in [-0.05, 0) is 31.6 Å². The number of rotatable bonds is 4. The van der Waals surface area contributed by atoms with Crippen LogP contribution >= 0.6 is 0 Å². The SMILES string of the molecule is CC(C)CO[C@H]1[C@@H]2OC3(CCCCC3)O[C@H]2O[C@H]1[C@@H]1COC2(CCCCC2)O1. The van der Waals surface area contributed by atoms with Crippen LogP contribution in [0.15, 0.2) is 0 Å². The van der Waals surface area contributed by atoms with Gasteiger partial charge in [0.1, 0.15) is 24.4 Å². The molecule has 6 nitrogen and oxygen atoms in total. The highest BCUT2D eigenvalue weighted by atomic mass is 16.9. The zero-order chi connectivity index (χ0) is 19.2. The molecular weight excluding hydrogens is 360 g/mol. The summed E-state index contributed by atoms with van der Waals surface area (Å²) in [7, 11) is 0. The minimum absolute atomic E-state index is 0.115. The summed E-state index contributed by atoms with van der Waals surface area (Å²) in [4.78, 5) is 0. The van der Waals surface area contributed by atoms with E-state index in [-0.39, 0.29) is 30.7 Å². The summed E-state index contributed by atoms with van der Waals surface area (Å²) in [6.45, 7) is 5.59. The van der Waals surface area contributed by atoms with Gasteiger partial charge in [0.15, 0.2) is 17.9 Å². The Morgan fingerprint density at radius 1 is 0.821 bits per heavy atom. The third-order valence-corrected chi connectivity index (χ3v) is 6.98. The lowest BCUT2D eigenvalue weighted by Crippen LogP contribution is -2.46. The summed E-state index contributed by atoms with van der Waals surface area (Å²) in [5, 5.41) is 0. The molecule has 3 aliphatic heterocycles. The Kier molecular flexibility index (Phi) is 5.48. The second-order valence-electron chi connectivity index (χ2n) is 9.77. The largest absolute Gasteiger partial charge is 0.372 e. The van der Waals surface area contributed by atoms with Crippen LogP contribution in [0, 0.1) is 5.92 Å². The molecule has 0 radical (unpaired) electrons. The highest BCUT2D eigenvalue weighted by Crippen LogP contribution is 2.48. The molecule has 0 N–H and O–H groups in total. The molecule has 2 aliphatic carbocycles. The molecule has 28 heavy (non-hydrogen) atoms. The molecule has 160 valence electrons. The summed E-state index contributed by atoms with van der Waals surface area (Å²) < 4.78 is 38.3. The van der Waals surface area contributed by atoms with Crippen molar-refractivity contribution in [3.63, 3.8) is 0 Å². The van der Waals surface area contributed by atoms with Crippen LogP contribution in [0.25, 0.3) is 0 Å². The molecule has 5 aliphatic rings. The van der Waals surface area contributed by atoms with Crippen LogP contribution in [0.3, 0.4) is 0 Å². The molecule has 0 aromatic rings. The highest BCUT2D eigenvalue weighted by molar-refractivity contribution is 5.01. The molecule has 2 spiro atoms. The molecule has 3 saturated heterocycles. The number of hydrogen-bond donors (Lipinski definition) is 0. The Bertz CT molecular complexity index is 539. The molecule has 5 fully saturated rings. The van der Waals surface area contributed by atoms with Gasteiger partial charge in [-0.3, -0.25) is 0 Å². The second-order valence-corrected chi connectivity index (χ2v) is 9.77. The first-order chi connectivity index (χ1) is 13.6. The lowest BCUT2D eigenvalue weighted by molar-refractivity contribution is -0.262. The van der Waals surface area contributed by atoms with Crippen LogP contribution < -0.4 is 0 Å². The first-order valence-electron chi connectivity index (χ1n) is 11.5. The Hall–Kier alpha value is -0.240. The van der Waals surface area contributed by atoms with Crippen LogP contribution in [0.2, 0.25) is 0 Å². The highest BCUT2D eigenvalue weighted by Gasteiger charge is 2.61. The van der Waals surface area contributed by atoms with Crippen molar-refractivity contribution in [3.05, 3.63) is 0 Å². The third kappa shape index (κ3) is 3.65. The van der Waals surface area contributed by atoms with Crippen molar-refractivity contribution in [1.82, 2.24) is 0 Å². The van der Waals surface area contributed by atoms with Gasteiger partial charge in [-0.15, -0.1) is 0 Å². The van der Waals surface area contributed by atoms with E-state index in [1.807, 2.05) is 0 Å². The van der Waals surface area contributed by atoms with Crippen molar-refractivity contribution in [2.75, 3.05) is 13.2 Å². The molecule has 5 rings (SSSR count). The minimum Gasteiger partial charge on any atom is -0.372 e. The second kappa shape index (κ2) is 7.78. The van der Waals surface area contributed by atoms with Crippen LogP contribution in [-0.4, -0.2) is 55.5 Å². The fourth-order valence-corrected chi connectivity index (χ4v) is 5.57. The van der Waals surface area contributed by atoms with Gasteiger partial charge < -0.3 is 28.4 Å². The Morgan fingerprint density at radius 2 is 1.50 bits per heavy atom. The lowest BCUT2D eigenvalue weighted by Gasteiger charge is -2.35. The Morgan fingerprint density at radius 3 is 2.18 bits per heavy atom. The summed E-state index contributed by atoms with van der Waals surface area (Å²) in [6, 6.07) is 0. The van der Waals surface area contributed by atoms with Crippen molar-refractivity contribution < 1.29 is 28.4 Å². The fourth-order valence-electron chi connectivity index (χ4n) is 5.57. The number of ether oxygens (including phenoxy) is 6. The van der Waals surface area contributed by atoms with Gasteiger partial charge in [-0.25, -0.2) is 0 Å². The van der Waals surface area contributed by atoms with E-state index in [0.717, 1.165) is 38.5 Å². The van der Waals surface area contributed by atoms with Crippen molar-refractivity contribution in [3.8, 4) is 0 Å². The summed E-state index contributed by atoms with van der Waals surface area (Å²) in [6.07, 6.45) is 10.1. The molecule has 0 unspecified atom stereocenters. The van der Waals surface area contributed by atoms with Crippen molar-refractivity contribution in [1.29, 1.82) is 0 Å². The average Bonchev–Trinajstić information content (AvgIpc) is 3.33. The first kappa shape index (κ1) is 19.7. The van der Waals surface area contributed by atoms with E-state index in [4.69, 9.17) is 28.4 Å². The summed E-state index contributed by atoms with van der Waals surface area (Å²) in [5.41, 5.74) is 0. The molecule has 6 heteroatoms. The van der Waals surface area contributed by atoms with E-state index in [1.54, 1.807) is 0 Å². The molecule has 3 heterocycles. The predicted octanol–water partition coefficient (Wildman–Crippen LogP) is 3.90. The first-order valence-corrected chi connectivity index (χ1v) is 11.5. The molecule has 0 aromatic carbocycles. The third-order valence-electron chi connectivity index (χ3n) is 6.98. The van der Waals surface area contributed by atoms with Gasteiger partial charge in [0.05, 0.1) is 6.61 Å². The monoisotopic (exact) mass is 396 g/mol. The van der Waals surface area contributed by atoms with Gasteiger partial charge >= 0.3 is 0 Å². The maximum Gasteiger partial charge on any atom is 0.190 e. The van der Waals surface area contributed by atoms with Gasteiger partial charge in [-0.2, -0.15) is 0 Å². The average molecular weight is 397 g/mol. The van der Waals surface area contributed by atoms with E-state index >= 15 is 0 Å². The number of fused-ring (bicyclic) bond motifs is 1. The van der Waals surface area contributed by atoms with Crippen molar-refractivity contribution in [2.24, 2.45) is 5.92 Å². The maximum atomic E-state index is 6.52. The van der Waals surface area contributed by atoms with Gasteiger partial charge in [0.25, 0.3) is 0 Å². The Balaban J connectivity index is 1.30. The minimum atomic E-state index is -0.463. The van der Waals surface area contributed by atoms with E-state index in [0.29, 0.717) is 19.1 Å².